The molecule has 21 heavy (non-hydrogen) atoms. The number of aromatic carboxylic acids is 1. The first kappa shape index (κ1) is 15.0. The van der Waals surface area contributed by atoms with Gasteiger partial charge in [0.2, 0.25) is 0 Å². The van der Waals surface area contributed by atoms with Gasteiger partial charge in [0, 0.05) is 14.1 Å². The minimum atomic E-state index is -1.13. The van der Waals surface area contributed by atoms with Gasteiger partial charge in [-0.1, -0.05) is 0 Å². The molecule has 0 aliphatic carbocycles. The van der Waals surface area contributed by atoms with E-state index in [4.69, 9.17) is 9.84 Å². The molecule has 0 fully saturated rings. The van der Waals surface area contributed by atoms with Gasteiger partial charge < -0.3 is 9.84 Å². The molecule has 0 spiro atoms. The highest BCUT2D eigenvalue weighted by molar-refractivity contribution is 9.10. The number of hydrogen-bond donors (Lipinski definition) is 1. The number of carboxylic acids is 1. The van der Waals surface area contributed by atoms with Gasteiger partial charge in [0.05, 0.1) is 10.0 Å². The summed E-state index contributed by atoms with van der Waals surface area (Å²) in [6.07, 6.45) is 0. The Morgan fingerprint density at radius 1 is 1.33 bits per heavy atom. The molecule has 8 nitrogen and oxygen atoms in total. The van der Waals surface area contributed by atoms with E-state index in [0.29, 0.717) is 4.47 Å². The zero-order valence-corrected chi connectivity index (χ0v) is 12.6. The van der Waals surface area contributed by atoms with E-state index >= 15 is 0 Å². The largest absolute Gasteiger partial charge is 0.478 e. The molecule has 1 aromatic carbocycles. The van der Waals surface area contributed by atoms with Gasteiger partial charge in [0.15, 0.2) is 0 Å². The van der Waals surface area contributed by atoms with Crippen LogP contribution in [0, 0.1) is 0 Å². The zero-order valence-electron chi connectivity index (χ0n) is 11.0. The topological polar surface area (TPSA) is 103 Å². The van der Waals surface area contributed by atoms with Crippen LogP contribution in [0.4, 0.5) is 0 Å². The predicted octanol–water partition coefficient (Wildman–Crippen LogP) is 0.732. The van der Waals surface area contributed by atoms with Crippen LogP contribution in [0.2, 0.25) is 0 Å². The van der Waals surface area contributed by atoms with Crippen LogP contribution < -0.4 is 16.0 Å². The number of carboxylic acid groups (broad SMARTS) is 1. The first-order valence-corrected chi connectivity index (χ1v) is 6.45. The molecule has 0 saturated carbocycles. The highest BCUT2D eigenvalue weighted by Crippen LogP contribution is 2.28. The van der Waals surface area contributed by atoms with Crippen LogP contribution >= 0.6 is 15.9 Å². The number of rotatable bonds is 3. The van der Waals surface area contributed by atoms with Crippen molar-refractivity contribution in [2.75, 3.05) is 0 Å². The van der Waals surface area contributed by atoms with Gasteiger partial charge in [0.25, 0.3) is 0 Å². The van der Waals surface area contributed by atoms with E-state index in [1.54, 1.807) is 0 Å². The van der Waals surface area contributed by atoms with Crippen molar-refractivity contribution in [1.82, 2.24) is 14.3 Å². The summed E-state index contributed by atoms with van der Waals surface area (Å²) in [7, 11) is 2.67. The molecule has 1 N–H and O–H groups in total. The lowest BCUT2D eigenvalue weighted by atomic mass is 10.2. The molecule has 0 unspecified atom stereocenters. The quantitative estimate of drug-likeness (QED) is 0.870. The fraction of sp³-hybridized carbons (Fsp3) is 0.167. The lowest BCUT2D eigenvalue weighted by molar-refractivity contribution is 0.0696. The molecule has 1 heterocycles. The Morgan fingerprint density at radius 3 is 2.62 bits per heavy atom. The third-order valence-electron chi connectivity index (χ3n) is 2.68. The Labute approximate surface area is 126 Å². The molecule has 0 bridgehead atoms. The second-order valence-electron chi connectivity index (χ2n) is 4.13. The standard InChI is InChI=1S/C12H10BrN3O5/c1-15-10(17)9(14-16(2)12(15)20)21-8-5-6(11(18)19)3-4-7(8)13/h3-5H,1-2H3,(H,18,19). The summed E-state index contributed by atoms with van der Waals surface area (Å²) in [5.41, 5.74) is -1.31. The van der Waals surface area contributed by atoms with Gasteiger partial charge in [-0.3, -0.25) is 9.36 Å². The Kier molecular flexibility index (Phi) is 3.94. The average Bonchev–Trinajstić information content (AvgIpc) is 2.44. The van der Waals surface area contributed by atoms with Crippen molar-refractivity contribution < 1.29 is 14.6 Å². The van der Waals surface area contributed by atoms with Gasteiger partial charge >= 0.3 is 23.1 Å². The van der Waals surface area contributed by atoms with Crippen LogP contribution in [0.1, 0.15) is 10.4 Å². The third-order valence-corrected chi connectivity index (χ3v) is 3.33. The van der Waals surface area contributed by atoms with Crippen molar-refractivity contribution in [1.29, 1.82) is 0 Å². The van der Waals surface area contributed by atoms with E-state index in [1.165, 1.54) is 32.3 Å². The van der Waals surface area contributed by atoms with Crippen LogP contribution in [0.15, 0.2) is 32.3 Å². The maximum Gasteiger partial charge on any atom is 0.347 e. The molecular formula is C12H10BrN3O5. The Bertz CT molecular complexity index is 840. The Morgan fingerprint density at radius 2 is 2.00 bits per heavy atom. The molecule has 9 heteroatoms. The minimum absolute atomic E-state index is 0.00477. The maximum absolute atomic E-state index is 11.9. The Hall–Kier alpha value is -2.42. The van der Waals surface area contributed by atoms with Crippen molar-refractivity contribution >= 4 is 21.9 Å². The molecule has 2 rings (SSSR count). The third kappa shape index (κ3) is 2.87. The summed E-state index contributed by atoms with van der Waals surface area (Å²) >= 11 is 3.19. The van der Waals surface area contributed by atoms with E-state index in [-0.39, 0.29) is 17.2 Å². The molecule has 0 amide bonds. The lowest BCUT2D eigenvalue weighted by Gasteiger charge is -2.09. The summed E-state index contributed by atoms with van der Waals surface area (Å²) in [6.45, 7) is 0. The van der Waals surface area contributed by atoms with Crippen LogP contribution in [0.3, 0.4) is 0 Å². The van der Waals surface area contributed by atoms with Crippen molar-refractivity contribution in [2.24, 2.45) is 14.1 Å². The van der Waals surface area contributed by atoms with Crippen molar-refractivity contribution in [3.05, 3.63) is 49.1 Å². The monoisotopic (exact) mass is 355 g/mol. The first-order chi connectivity index (χ1) is 9.81. The van der Waals surface area contributed by atoms with Crippen molar-refractivity contribution in [3.63, 3.8) is 0 Å². The molecule has 0 aliphatic rings. The normalized spacial score (nSPS) is 10.4. The number of carbonyl (C=O) groups is 1. The summed E-state index contributed by atoms with van der Waals surface area (Å²) in [6, 6.07) is 4.11. The summed E-state index contributed by atoms with van der Waals surface area (Å²) in [5.74, 6) is -1.35. The van der Waals surface area contributed by atoms with Gasteiger partial charge in [-0.15, -0.1) is 5.10 Å². The average molecular weight is 356 g/mol. The Balaban J connectivity index is 2.53. The number of aryl methyl sites for hydroxylation is 1. The van der Waals surface area contributed by atoms with E-state index in [9.17, 15) is 14.4 Å². The lowest BCUT2D eigenvalue weighted by Crippen LogP contribution is -2.38. The first-order valence-electron chi connectivity index (χ1n) is 5.66. The highest BCUT2D eigenvalue weighted by atomic mass is 79.9. The van der Waals surface area contributed by atoms with Crippen molar-refractivity contribution in [2.45, 2.75) is 0 Å². The van der Waals surface area contributed by atoms with Crippen LogP contribution in [-0.4, -0.2) is 25.4 Å². The fourth-order valence-corrected chi connectivity index (χ4v) is 1.88. The molecule has 0 aliphatic heterocycles. The smallest absolute Gasteiger partial charge is 0.347 e. The molecule has 2 aromatic rings. The van der Waals surface area contributed by atoms with Gasteiger partial charge in [0.1, 0.15) is 5.75 Å². The molecule has 110 valence electrons. The molecular weight excluding hydrogens is 346 g/mol. The maximum atomic E-state index is 11.9. The molecule has 1 aromatic heterocycles. The minimum Gasteiger partial charge on any atom is -0.478 e. The second-order valence-corrected chi connectivity index (χ2v) is 4.98. The fourth-order valence-electron chi connectivity index (χ4n) is 1.55. The second kappa shape index (κ2) is 5.52. The van der Waals surface area contributed by atoms with Crippen molar-refractivity contribution in [3.8, 4) is 11.6 Å². The summed E-state index contributed by atoms with van der Waals surface area (Å²) in [5, 5.41) is 12.7. The van der Waals surface area contributed by atoms with E-state index in [2.05, 4.69) is 21.0 Å². The van der Waals surface area contributed by atoms with Crippen LogP contribution in [0.5, 0.6) is 11.6 Å². The van der Waals surface area contributed by atoms with E-state index in [0.717, 1.165) is 9.25 Å². The summed E-state index contributed by atoms with van der Waals surface area (Å²) in [4.78, 5) is 34.4. The molecule has 0 atom stereocenters. The van der Waals surface area contributed by atoms with Gasteiger partial charge in [-0.05, 0) is 34.1 Å². The number of aromatic nitrogens is 3. The predicted molar refractivity (Wildman–Crippen MR) is 75.9 cm³/mol. The van der Waals surface area contributed by atoms with E-state index < -0.39 is 17.2 Å². The van der Waals surface area contributed by atoms with Gasteiger partial charge in [-0.2, -0.15) is 0 Å². The van der Waals surface area contributed by atoms with Crippen LogP contribution in [0.25, 0.3) is 0 Å². The van der Waals surface area contributed by atoms with Crippen LogP contribution in [-0.2, 0) is 14.1 Å². The number of halogens is 1. The molecule has 0 saturated heterocycles. The highest BCUT2D eigenvalue weighted by Gasteiger charge is 2.14. The zero-order chi connectivity index (χ0) is 15.7. The SMILES string of the molecule is Cn1nc(Oc2cc(C(=O)O)ccc2Br)c(=O)n(C)c1=O. The van der Waals surface area contributed by atoms with E-state index in [1.807, 2.05) is 0 Å². The number of ether oxygens (including phenoxy) is 1. The van der Waals surface area contributed by atoms with Gasteiger partial charge in [-0.25, -0.2) is 14.3 Å². The number of nitrogens with zero attached hydrogens (tertiary/aromatic N) is 3. The molecule has 0 radical (unpaired) electrons. The number of benzene rings is 1. The number of hydrogen-bond acceptors (Lipinski definition) is 5. The summed E-state index contributed by atoms with van der Waals surface area (Å²) < 4.78 is 7.58.